The largest absolute Gasteiger partial charge is 0.356 e. The molecule has 1 aromatic carbocycles. The molecule has 0 N–H and O–H groups in total. The van der Waals surface area contributed by atoms with Gasteiger partial charge in [0.2, 0.25) is 0 Å². The van der Waals surface area contributed by atoms with Crippen molar-refractivity contribution in [2.24, 2.45) is 0 Å². The van der Waals surface area contributed by atoms with Crippen LogP contribution >= 0.6 is 0 Å². The highest BCUT2D eigenvalue weighted by Gasteiger charge is 2.06. The summed E-state index contributed by atoms with van der Waals surface area (Å²) in [5, 5.41) is 0. The minimum absolute atomic E-state index is 0.440. The van der Waals surface area contributed by atoms with E-state index in [9.17, 15) is 0 Å². The number of rotatable bonds is 2. The second-order valence-electron chi connectivity index (χ2n) is 4.71. The minimum Gasteiger partial charge on any atom is -0.356 e. The third-order valence-corrected chi connectivity index (χ3v) is 2.75. The van der Waals surface area contributed by atoms with Crippen LogP contribution < -0.4 is 0 Å². The Morgan fingerprint density at radius 2 is 1.65 bits per heavy atom. The molecule has 0 saturated heterocycles. The number of benzene rings is 1. The van der Waals surface area contributed by atoms with E-state index in [1.165, 1.54) is 0 Å². The molecule has 0 atom stereocenters. The first-order valence-electron chi connectivity index (χ1n) is 5.70. The lowest BCUT2D eigenvalue weighted by Gasteiger charge is -2.02. The molecule has 88 valence electrons. The zero-order chi connectivity index (χ0) is 12.6. The SMILES string of the molecule is C[Si](C)(C)C#CCOCC#Cc1ccccc1. The van der Waals surface area contributed by atoms with Crippen molar-refractivity contribution in [2.75, 3.05) is 13.2 Å². The van der Waals surface area contributed by atoms with Gasteiger partial charge in [-0.2, -0.15) is 0 Å². The molecule has 0 aliphatic heterocycles. The van der Waals surface area contributed by atoms with Gasteiger partial charge in [-0.25, -0.2) is 0 Å². The van der Waals surface area contributed by atoms with E-state index >= 15 is 0 Å². The summed E-state index contributed by atoms with van der Waals surface area (Å²) in [5.74, 6) is 9.05. The molecule has 1 rings (SSSR count). The number of hydrogen-bond acceptors (Lipinski definition) is 1. The molecule has 0 saturated carbocycles. The highest BCUT2D eigenvalue weighted by Crippen LogP contribution is 1.96. The lowest BCUT2D eigenvalue weighted by Crippen LogP contribution is -2.16. The molecule has 0 aromatic heterocycles. The fourth-order valence-corrected chi connectivity index (χ4v) is 1.72. The molecule has 2 heteroatoms. The molecule has 0 amide bonds. The van der Waals surface area contributed by atoms with Gasteiger partial charge in [0, 0.05) is 5.56 Å². The van der Waals surface area contributed by atoms with E-state index in [1.54, 1.807) is 0 Å². The third kappa shape index (κ3) is 7.41. The van der Waals surface area contributed by atoms with Crippen LogP contribution in [0.25, 0.3) is 0 Å². The first-order chi connectivity index (χ1) is 8.08. The maximum atomic E-state index is 5.33. The van der Waals surface area contributed by atoms with E-state index < -0.39 is 8.07 Å². The maximum absolute atomic E-state index is 5.33. The molecule has 0 heterocycles. The molecule has 0 spiro atoms. The first kappa shape index (κ1) is 13.6. The van der Waals surface area contributed by atoms with E-state index in [-0.39, 0.29) is 0 Å². The number of ether oxygens (including phenoxy) is 1. The van der Waals surface area contributed by atoms with Gasteiger partial charge in [0.25, 0.3) is 0 Å². The van der Waals surface area contributed by atoms with Crippen molar-refractivity contribution in [3.05, 3.63) is 35.9 Å². The average Bonchev–Trinajstić information content (AvgIpc) is 2.28. The summed E-state index contributed by atoms with van der Waals surface area (Å²) in [6.07, 6.45) is 0. The van der Waals surface area contributed by atoms with E-state index in [0.29, 0.717) is 13.2 Å². The molecule has 0 radical (unpaired) electrons. The zero-order valence-corrected chi connectivity index (χ0v) is 11.7. The number of hydrogen-bond donors (Lipinski definition) is 0. The quantitative estimate of drug-likeness (QED) is 0.440. The standard InChI is InChI=1S/C15H18OSi/c1-17(2,3)14-8-13-16-12-7-11-15-9-5-4-6-10-15/h4-6,9-10H,12-13H2,1-3H3. The fourth-order valence-electron chi connectivity index (χ4n) is 1.11. The van der Waals surface area contributed by atoms with Crippen LogP contribution in [-0.2, 0) is 4.74 Å². The van der Waals surface area contributed by atoms with Gasteiger partial charge in [-0.05, 0) is 12.1 Å². The molecule has 0 unspecified atom stereocenters. The molecule has 0 aliphatic rings. The Hall–Kier alpha value is -1.48. The van der Waals surface area contributed by atoms with Crippen molar-refractivity contribution in [3.8, 4) is 23.3 Å². The Morgan fingerprint density at radius 1 is 1.00 bits per heavy atom. The van der Waals surface area contributed by atoms with Crippen LogP contribution in [-0.4, -0.2) is 21.3 Å². The molecule has 17 heavy (non-hydrogen) atoms. The second kappa shape index (κ2) is 6.96. The minimum atomic E-state index is -1.26. The Balaban J connectivity index is 2.25. The van der Waals surface area contributed by atoms with Gasteiger partial charge < -0.3 is 4.74 Å². The average molecular weight is 242 g/mol. The first-order valence-corrected chi connectivity index (χ1v) is 9.20. The van der Waals surface area contributed by atoms with Crippen molar-refractivity contribution >= 4 is 8.07 Å². The summed E-state index contributed by atoms with van der Waals surface area (Å²) < 4.78 is 5.33. The predicted octanol–water partition coefficient (Wildman–Crippen LogP) is 2.94. The Bertz CT molecular complexity index is 449. The molecule has 1 aromatic rings. The fraction of sp³-hybridized carbons (Fsp3) is 0.333. The Morgan fingerprint density at radius 3 is 2.29 bits per heavy atom. The smallest absolute Gasteiger partial charge is 0.129 e. The van der Waals surface area contributed by atoms with Crippen molar-refractivity contribution < 1.29 is 4.74 Å². The summed E-state index contributed by atoms with van der Waals surface area (Å²) >= 11 is 0. The molecule has 0 aliphatic carbocycles. The van der Waals surface area contributed by atoms with Crippen molar-refractivity contribution in [1.82, 2.24) is 0 Å². The van der Waals surface area contributed by atoms with E-state index in [2.05, 4.69) is 42.9 Å². The Labute approximate surface area is 105 Å². The van der Waals surface area contributed by atoms with Crippen molar-refractivity contribution in [2.45, 2.75) is 19.6 Å². The van der Waals surface area contributed by atoms with Crippen LogP contribution in [0.15, 0.2) is 30.3 Å². The summed E-state index contributed by atoms with van der Waals surface area (Å²) in [6.45, 7) is 7.57. The van der Waals surface area contributed by atoms with E-state index in [1.807, 2.05) is 30.3 Å². The van der Waals surface area contributed by atoms with Gasteiger partial charge in [0.1, 0.15) is 21.3 Å². The molecule has 0 fully saturated rings. The van der Waals surface area contributed by atoms with Crippen LogP contribution in [0.3, 0.4) is 0 Å². The molecule has 1 nitrogen and oxygen atoms in total. The van der Waals surface area contributed by atoms with Crippen molar-refractivity contribution in [3.63, 3.8) is 0 Å². The Kier molecular flexibility index (Phi) is 5.56. The van der Waals surface area contributed by atoms with Gasteiger partial charge in [0.15, 0.2) is 0 Å². The molecule has 0 bridgehead atoms. The van der Waals surface area contributed by atoms with Crippen LogP contribution in [0.4, 0.5) is 0 Å². The van der Waals surface area contributed by atoms with Gasteiger partial charge >= 0.3 is 0 Å². The predicted molar refractivity (Wildman–Crippen MR) is 75.3 cm³/mol. The summed E-state index contributed by atoms with van der Waals surface area (Å²) in [4.78, 5) is 0. The van der Waals surface area contributed by atoms with Gasteiger partial charge in [0.05, 0.1) is 0 Å². The highest BCUT2D eigenvalue weighted by atomic mass is 28.3. The van der Waals surface area contributed by atoms with Crippen LogP contribution in [0, 0.1) is 23.3 Å². The second-order valence-corrected chi connectivity index (χ2v) is 9.46. The lowest BCUT2D eigenvalue weighted by molar-refractivity contribution is 0.204. The van der Waals surface area contributed by atoms with Gasteiger partial charge in [-0.3, -0.25) is 0 Å². The van der Waals surface area contributed by atoms with Crippen LogP contribution in [0.1, 0.15) is 5.56 Å². The van der Waals surface area contributed by atoms with Crippen LogP contribution in [0.5, 0.6) is 0 Å². The molecular formula is C15H18OSi. The van der Waals surface area contributed by atoms with Crippen LogP contribution in [0.2, 0.25) is 19.6 Å². The van der Waals surface area contributed by atoms with Crippen molar-refractivity contribution in [1.29, 1.82) is 0 Å². The van der Waals surface area contributed by atoms with Gasteiger partial charge in [-0.1, -0.05) is 55.6 Å². The summed E-state index contributed by atoms with van der Waals surface area (Å²) in [5.41, 5.74) is 4.26. The lowest BCUT2D eigenvalue weighted by atomic mass is 10.2. The topological polar surface area (TPSA) is 9.23 Å². The molecular weight excluding hydrogens is 224 g/mol. The third-order valence-electron chi connectivity index (χ3n) is 1.82. The summed E-state index contributed by atoms with van der Waals surface area (Å²) in [6, 6.07) is 9.90. The normalized spacial score (nSPS) is 9.82. The van der Waals surface area contributed by atoms with Gasteiger partial charge in [-0.15, -0.1) is 5.54 Å². The monoisotopic (exact) mass is 242 g/mol. The van der Waals surface area contributed by atoms with E-state index in [0.717, 1.165) is 5.56 Å². The maximum Gasteiger partial charge on any atom is 0.129 e. The zero-order valence-electron chi connectivity index (χ0n) is 10.7. The van der Waals surface area contributed by atoms with E-state index in [4.69, 9.17) is 4.74 Å². The summed E-state index contributed by atoms with van der Waals surface area (Å²) in [7, 11) is -1.26. The highest BCUT2D eigenvalue weighted by molar-refractivity contribution is 6.83.